The smallest absolute Gasteiger partial charge is 0.233 e. The van der Waals surface area contributed by atoms with Gasteiger partial charge in [0.25, 0.3) is 0 Å². The summed E-state index contributed by atoms with van der Waals surface area (Å²) in [4.78, 5) is 0. The molecule has 174 valence electrons. The van der Waals surface area contributed by atoms with Gasteiger partial charge < -0.3 is 18.9 Å². The second kappa shape index (κ2) is 12.0. The molecule has 0 bridgehead atoms. The summed E-state index contributed by atoms with van der Waals surface area (Å²) in [5.74, 6) is 0. The minimum Gasteiger partial charge on any atom is -0.374 e. The van der Waals surface area contributed by atoms with E-state index in [1.54, 1.807) is 0 Å². The van der Waals surface area contributed by atoms with Crippen LogP contribution in [0.5, 0.6) is 0 Å². The van der Waals surface area contributed by atoms with Crippen molar-refractivity contribution >= 4 is 0 Å². The van der Waals surface area contributed by atoms with Gasteiger partial charge in [-0.15, -0.1) is 0 Å². The molecule has 1 heterocycles. The first-order chi connectivity index (χ1) is 16.2. The molecule has 4 nitrogen and oxygen atoms in total. The Morgan fingerprint density at radius 2 is 1.06 bits per heavy atom. The molecule has 0 spiro atoms. The summed E-state index contributed by atoms with van der Waals surface area (Å²) < 4.78 is 52.5. The standard InChI is InChI=1S/C27H28F2O4/c28-24-26(32-18-22-14-8-3-9-15-22)25(31-17-21-12-6-2-7-13-21)23(33-27(24)29)19-30-16-20-10-4-1-5-11-20/h1-15,23-27H,16-19H2/t23-,24-,25+,26-,27+/m1/s1. The van der Waals surface area contributed by atoms with Gasteiger partial charge in [0.15, 0.2) is 6.17 Å². The molecule has 33 heavy (non-hydrogen) atoms. The van der Waals surface area contributed by atoms with Crippen LogP contribution >= 0.6 is 0 Å². The van der Waals surface area contributed by atoms with E-state index in [9.17, 15) is 8.78 Å². The molecule has 1 aliphatic rings. The lowest BCUT2D eigenvalue weighted by Gasteiger charge is -2.41. The molecule has 0 amide bonds. The Hall–Kier alpha value is -2.64. The highest BCUT2D eigenvalue weighted by Crippen LogP contribution is 2.30. The minimum atomic E-state index is -2.12. The lowest BCUT2D eigenvalue weighted by atomic mass is 9.99. The Morgan fingerprint density at radius 1 is 0.606 bits per heavy atom. The van der Waals surface area contributed by atoms with Crippen molar-refractivity contribution in [1.82, 2.24) is 0 Å². The zero-order valence-electron chi connectivity index (χ0n) is 18.3. The van der Waals surface area contributed by atoms with E-state index in [2.05, 4.69) is 0 Å². The number of alkyl halides is 2. The van der Waals surface area contributed by atoms with Crippen LogP contribution in [0, 0.1) is 0 Å². The first-order valence-electron chi connectivity index (χ1n) is 11.1. The van der Waals surface area contributed by atoms with Gasteiger partial charge in [-0.1, -0.05) is 91.0 Å². The number of benzene rings is 3. The van der Waals surface area contributed by atoms with Crippen LogP contribution in [-0.2, 0) is 38.8 Å². The Morgan fingerprint density at radius 3 is 1.58 bits per heavy atom. The molecule has 1 aliphatic heterocycles. The van der Waals surface area contributed by atoms with Gasteiger partial charge in [-0.25, -0.2) is 8.78 Å². The molecule has 5 atom stereocenters. The molecule has 0 radical (unpaired) electrons. The zero-order valence-corrected chi connectivity index (χ0v) is 18.3. The summed E-state index contributed by atoms with van der Waals surface area (Å²) in [5.41, 5.74) is 2.76. The van der Waals surface area contributed by atoms with Crippen LogP contribution in [0.4, 0.5) is 8.78 Å². The van der Waals surface area contributed by atoms with E-state index in [0.717, 1.165) is 16.7 Å². The number of rotatable bonds is 10. The highest BCUT2D eigenvalue weighted by atomic mass is 19.2. The number of halogens is 2. The molecule has 1 saturated heterocycles. The summed E-state index contributed by atoms with van der Waals surface area (Å²) in [6.45, 7) is 0.741. The molecule has 3 aromatic rings. The molecule has 0 aromatic heterocycles. The van der Waals surface area contributed by atoms with Gasteiger partial charge in [0, 0.05) is 0 Å². The van der Waals surface area contributed by atoms with Gasteiger partial charge in [0.1, 0.15) is 18.3 Å². The van der Waals surface area contributed by atoms with E-state index in [0.29, 0.717) is 6.61 Å². The van der Waals surface area contributed by atoms with Gasteiger partial charge in [-0.05, 0) is 16.7 Å². The summed E-state index contributed by atoms with van der Waals surface area (Å²) >= 11 is 0. The molecule has 0 aliphatic carbocycles. The second-order valence-electron chi connectivity index (χ2n) is 7.99. The van der Waals surface area contributed by atoms with Crippen LogP contribution in [-0.4, -0.2) is 37.4 Å². The molecule has 0 N–H and O–H groups in total. The lowest BCUT2D eigenvalue weighted by Crippen LogP contribution is -2.57. The minimum absolute atomic E-state index is 0.0483. The fourth-order valence-electron chi connectivity index (χ4n) is 3.78. The van der Waals surface area contributed by atoms with Crippen molar-refractivity contribution in [3.63, 3.8) is 0 Å². The van der Waals surface area contributed by atoms with E-state index in [4.69, 9.17) is 18.9 Å². The normalized spacial score (nSPS) is 25.1. The Balaban J connectivity index is 1.46. The van der Waals surface area contributed by atoms with Crippen LogP contribution in [0.15, 0.2) is 91.0 Å². The molecule has 0 saturated carbocycles. The van der Waals surface area contributed by atoms with Crippen LogP contribution in [0.1, 0.15) is 16.7 Å². The van der Waals surface area contributed by atoms with E-state index >= 15 is 0 Å². The van der Waals surface area contributed by atoms with Crippen molar-refractivity contribution in [1.29, 1.82) is 0 Å². The molecule has 4 rings (SSSR count). The SMILES string of the molecule is F[C@@H]1[C@@H](OCc2ccccc2)[C@@H](OCc2ccccc2)[C@@H](COCc2ccccc2)O[C@@H]1F. The van der Waals surface area contributed by atoms with Gasteiger partial charge in [0.2, 0.25) is 6.36 Å². The average Bonchev–Trinajstić information content (AvgIpc) is 2.86. The largest absolute Gasteiger partial charge is 0.374 e. The van der Waals surface area contributed by atoms with Gasteiger partial charge >= 0.3 is 0 Å². The quantitative estimate of drug-likeness (QED) is 0.411. The summed E-state index contributed by atoms with van der Waals surface area (Å²) in [6, 6.07) is 28.5. The van der Waals surface area contributed by atoms with Gasteiger partial charge in [-0.3, -0.25) is 0 Å². The van der Waals surface area contributed by atoms with Crippen LogP contribution in [0.25, 0.3) is 0 Å². The monoisotopic (exact) mass is 454 g/mol. The number of hydrogen-bond donors (Lipinski definition) is 0. The summed E-state index contributed by atoms with van der Waals surface area (Å²) in [5, 5.41) is 0. The van der Waals surface area contributed by atoms with Gasteiger partial charge in [-0.2, -0.15) is 0 Å². The average molecular weight is 455 g/mol. The van der Waals surface area contributed by atoms with Crippen LogP contribution < -0.4 is 0 Å². The van der Waals surface area contributed by atoms with Crippen molar-refractivity contribution in [3.05, 3.63) is 108 Å². The van der Waals surface area contributed by atoms with E-state index in [1.165, 1.54) is 0 Å². The third-order valence-corrected chi connectivity index (χ3v) is 5.52. The summed E-state index contributed by atoms with van der Waals surface area (Å²) in [6.07, 6.45) is -6.89. The van der Waals surface area contributed by atoms with E-state index in [-0.39, 0.29) is 19.8 Å². The molecule has 1 fully saturated rings. The van der Waals surface area contributed by atoms with E-state index in [1.807, 2.05) is 91.0 Å². The second-order valence-corrected chi connectivity index (χ2v) is 7.99. The summed E-state index contributed by atoms with van der Waals surface area (Å²) in [7, 11) is 0. The Labute approximate surface area is 193 Å². The highest BCUT2D eigenvalue weighted by molar-refractivity contribution is 5.15. The molecular weight excluding hydrogens is 426 g/mol. The topological polar surface area (TPSA) is 36.9 Å². The number of ether oxygens (including phenoxy) is 4. The maximum Gasteiger partial charge on any atom is 0.233 e. The first kappa shape index (κ1) is 23.5. The first-order valence-corrected chi connectivity index (χ1v) is 11.1. The Bertz CT molecular complexity index is 942. The third-order valence-electron chi connectivity index (χ3n) is 5.52. The zero-order chi connectivity index (χ0) is 22.9. The van der Waals surface area contributed by atoms with Gasteiger partial charge in [0.05, 0.1) is 26.4 Å². The molecule has 6 heteroatoms. The highest BCUT2D eigenvalue weighted by Gasteiger charge is 2.48. The molecular formula is C27H28F2O4. The third kappa shape index (κ3) is 6.68. The van der Waals surface area contributed by atoms with Crippen molar-refractivity contribution in [2.45, 2.75) is 50.7 Å². The lowest BCUT2D eigenvalue weighted by molar-refractivity contribution is -0.274. The van der Waals surface area contributed by atoms with Crippen LogP contribution in [0.2, 0.25) is 0 Å². The molecule has 0 unspecified atom stereocenters. The maximum absolute atomic E-state index is 14.9. The van der Waals surface area contributed by atoms with Crippen molar-refractivity contribution < 1.29 is 27.7 Å². The predicted molar refractivity (Wildman–Crippen MR) is 121 cm³/mol. The van der Waals surface area contributed by atoms with E-state index < -0.39 is 30.8 Å². The van der Waals surface area contributed by atoms with Crippen molar-refractivity contribution in [2.24, 2.45) is 0 Å². The fraction of sp³-hybridized carbons (Fsp3) is 0.333. The van der Waals surface area contributed by atoms with Crippen LogP contribution in [0.3, 0.4) is 0 Å². The van der Waals surface area contributed by atoms with Crippen molar-refractivity contribution in [2.75, 3.05) is 6.61 Å². The molecule has 3 aromatic carbocycles. The fourth-order valence-corrected chi connectivity index (χ4v) is 3.78. The Kier molecular flexibility index (Phi) is 8.55. The van der Waals surface area contributed by atoms with Crippen molar-refractivity contribution in [3.8, 4) is 0 Å². The maximum atomic E-state index is 14.9. The number of hydrogen-bond acceptors (Lipinski definition) is 4. The predicted octanol–water partition coefficient (Wildman–Crippen LogP) is 5.41.